The summed E-state index contributed by atoms with van der Waals surface area (Å²) in [6.07, 6.45) is -0.730. The van der Waals surface area contributed by atoms with Crippen molar-refractivity contribution in [3.05, 3.63) is 94.5 Å². The Morgan fingerprint density at radius 3 is 2.20 bits per heavy atom. The first-order valence-corrected chi connectivity index (χ1v) is 13.4. The van der Waals surface area contributed by atoms with Gasteiger partial charge in [0.2, 0.25) is 5.91 Å². The quantitative estimate of drug-likeness (QED) is 0.292. The predicted octanol–water partition coefficient (Wildman–Crippen LogP) is 4.68. The Hall–Kier alpha value is -3.92. The molecule has 0 bridgehead atoms. The summed E-state index contributed by atoms with van der Waals surface area (Å²) in [6.45, 7) is 6.36. The van der Waals surface area contributed by atoms with Crippen molar-refractivity contribution in [3.8, 4) is 0 Å². The number of amides is 4. The fraction of sp³-hybridized carbons (Fsp3) is 0.300. The molecule has 40 heavy (non-hydrogen) atoms. The third kappa shape index (κ3) is 5.82. The zero-order chi connectivity index (χ0) is 28.9. The van der Waals surface area contributed by atoms with Gasteiger partial charge in [0.15, 0.2) is 11.8 Å². The summed E-state index contributed by atoms with van der Waals surface area (Å²) < 4.78 is 11.5. The zero-order valence-corrected chi connectivity index (χ0v) is 23.4. The van der Waals surface area contributed by atoms with E-state index in [9.17, 15) is 14.4 Å². The summed E-state index contributed by atoms with van der Waals surface area (Å²) in [5.74, 6) is -2.62. The number of urea groups is 1. The average Bonchev–Trinajstić information content (AvgIpc) is 3.14. The van der Waals surface area contributed by atoms with Crippen molar-refractivity contribution in [2.24, 2.45) is 5.73 Å². The summed E-state index contributed by atoms with van der Waals surface area (Å²) in [5, 5.41) is 6.09. The van der Waals surface area contributed by atoms with E-state index in [0.29, 0.717) is 40.7 Å². The minimum Gasteiger partial charge on any atom is -0.369 e. The number of halogens is 1. The van der Waals surface area contributed by atoms with Crippen LogP contribution >= 0.6 is 11.6 Å². The van der Waals surface area contributed by atoms with Gasteiger partial charge in [0, 0.05) is 29.5 Å². The SMILES string of the molecule is CCOC(CN1C(=O)C(NC(=O)Nc2ccc(C)cc2)(C(C(N)=O)c2ccc(Cl)cc2)c2ccccc21)OCC. The third-order valence-corrected chi connectivity index (χ3v) is 7.03. The topological polar surface area (TPSA) is 123 Å². The van der Waals surface area contributed by atoms with Crippen molar-refractivity contribution in [3.63, 3.8) is 0 Å². The first-order chi connectivity index (χ1) is 19.2. The molecular formula is C30H33ClN4O5. The maximum Gasteiger partial charge on any atom is 0.320 e. The highest BCUT2D eigenvalue weighted by atomic mass is 35.5. The van der Waals surface area contributed by atoms with E-state index in [1.807, 2.05) is 32.9 Å². The second-order valence-corrected chi connectivity index (χ2v) is 9.85. The number of anilines is 2. The highest BCUT2D eigenvalue weighted by molar-refractivity contribution is 6.30. The molecule has 2 atom stereocenters. The molecular weight excluding hydrogens is 532 g/mol. The van der Waals surface area contributed by atoms with Crippen LogP contribution in [-0.4, -0.2) is 43.9 Å². The van der Waals surface area contributed by atoms with E-state index in [0.717, 1.165) is 5.56 Å². The molecule has 4 N–H and O–H groups in total. The highest BCUT2D eigenvalue weighted by Crippen LogP contribution is 2.48. The number of carbonyl (C=O) groups is 3. The largest absolute Gasteiger partial charge is 0.369 e. The molecule has 0 aliphatic carbocycles. The van der Waals surface area contributed by atoms with E-state index >= 15 is 0 Å². The molecule has 1 aliphatic rings. The molecule has 0 aromatic heterocycles. The maximum atomic E-state index is 14.6. The second-order valence-electron chi connectivity index (χ2n) is 9.41. The molecule has 4 amide bonds. The van der Waals surface area contributed by atoms with Crippen LogP contribution in [-0.2, 0) is 24.6 Å². The van der Waals surface area contributed by atoms with Crippen molar-refractivity contribution in [2.75, 3.05) is 30.0 Å². The lowest BCUT2D eigenvalue weighted by Gasteiger charge is -2.36. The first kappa shape index (κ1) is 29.1. The lowest BCUT2D eigenvalue weighted by Crippen LogP contribution is -2.60. The molecule has 1 aliphatic heterocycles. The molecule has 0 radical (unpaired) electrons. The van der Waals surface area contributed by atoms with Crippen molar-refractivity contribution in [1.29, 1.82) is 0 Å². The van der Waals surface area contributed by atoms with Crippen LogP contribution in [0.25, 0.3) is 0 Å². The summed E-state index contributed by atoms with van der Waals surface area (Å²) in [4.78, 5) is 42.8. The molecule has 0 saturated heterocycles. The van der Waals surface area contributed by atoms with E-state index in [-0.39, 0.29) is 6.54 Å². The number of fused-ring (bicyclic) bond motifs is 1. The molecule has 0 fully saturated rings. The van der Waals surface area contributed by atoms with E-state index in [4.69, 9.17) is 26.8 Å². The van der Waals surface area contributed by atoms with Gasteiger partial charge in [0.25, 0.3) is 5.91 Å². The lowest BCUT2D eigenvalue weighted by atomic mass is 9.74. The fourth-order valence-electron chi connectivity index (χ4n) is 5.07. The predicted molar refractivity (Wildman–Crippen MR) is 154 cm³/mol. The number of carbonyl (C=O) groups excluding carboxylic acids is 3. The van der Waals surface area contributed by atoms with Gasteiger partial charge in [-0.05, 0) is 56.7 Å². The maximum absolute atomic E-state index is 14.6. The molecule has 0 spiro atoms. The van der Waals surface area contributed by atoms with Crippen molar-refractivity contribution in [2.45, 2.75) is 38.5 Å². The van der Waals surface area contributed by atoms with Crippen LogP contribution in [0.5, 0.6) is 0 Å². The molecule has 2 unspecified atom stereocenters. The number of hydrogen-bond acceptors (Lipinski definition) is 5. The Kier molecular flexibility index (Phi) is 9.09. The standard InChI is InChI=1S/C30H33ClN4O5/c1-4-39-25(40-5-2)18-35-24-9-7-6-8-23(24)30(28(35)37,26(27(32)36)20-12-14-21(31)15-13-20)34-29(38)33-22-16-10-19(3)11-17-22/h6-17,25-26H,4-5,18H2,1-3H3,(H2,32,36)(H2,33,34,38). The van der Waals surface area contributed by atoms with E-state index in [1.165, 1.54) is 4.90 Å². The monoisotopic (exact) mass is 564 g/mol. The van der Waals surface area contributed by atoms with Crippen molar-refractivity contribution in [1.82, 2.24) is 5.32 Å². The number of ether oxygens (including phenoxy) is 2. The Morgan fingerprint density at radius 1 is 0.975 bits per heavy atom. The molecule has 10 heteroatoms. The fourth-order valence-corrected chi connectivity index (χ4v) is 5.19. The summed E-state index contributed by atoms with van der Waals surface area (Å²) >= 11 is 6.13. The number of primary amides is 1. The Bertz CT molecular complexity index is 1360. The molecule has 0 saturated carbocycles. The van der Waals surface area contributed by atoms with E-state index in [1.54, 1.807) is 60.7 Å². The van der Waals surface area contributed by atoms with Crippen molar-refractivity contribution >= 4 is 40.8 Å². The Balaban J connectivity index is 1.86. The molecule has 3 aromatic carbocycles. The number of para-hydroxylation sites is 1. The summed E-state index contributed by atoms with van der Waals surface area (Å²) in [7, 11) is 0. The molecule has 1 heterocycles. The Labute approximate surface area is 238 Å². The van der Waals surface area contributed by atoms with Gasteiger partial charge in [-0.2, -0.15) is 0 Å². The van der Waals surface area contributed by atoms with Crippen LogP contribution in [0.2, 0.25) is 5.02 Å². The highest BCUT2D eigenvalue weighted by Gasteiger charge is 2.59. The van der Waals surface area contributed by atoms with Gasteiger partial charge in [-0.1, -0.05) is 59.6 Å². The molecule has 4 rings (SSSR count). The van der Waals surface area contributed by atoms with Crippen LogP contribution in [0, 0.1) is 6.92 Å². The van der Waals surface area contributed by atoms with E-state index in [2.05, 4.69) is 10.6 Å². The van der Waals surface area contributed by atoms with Crippen LogP contribution in [0.4, 0.5) is 16.2 Å². The molecule has 9 nitrogen and oxygen atoms in total. The third-order valence-electron chi connectivity index (χ3n) is 6.78. The molecule has 210 valence electrons. The average molecular weight is 565 g/mol. The van der Waals surface area contributed by atoms with Gasteiger partial charge >= 0.3 is 6.03 Å². The van der Waals surface area contributed by atoms with Gasteiger partial charge < -0.3 is 30.7 Å². The van der Waals surface area contributed by atoms with Gasteiger partial charge in [-0.3, -0.25) is 9.59 Å². The smallest absolute Gasteiger partial charge is 0.320 e. The zero-order valence-electron chi connectivity index (χ0n) is 22.6. The number of hydrogen-bond donors (Lipinski definition) is 3. The lowest BCUT2D eigenvalue weighted by molar-refractivity contribution is -0.139. The minimum absolute atomic E-state index is 0.0344. The first-order valence-electron chi connectivity index (χ1n) is 13.1. The van der Waals surface area contributed by atoms with Gasteiger partial charge in [-0.25, -0.2) is 4.79 Å². The van der Waals surface area contributed by atoms with Crippen LogP contribution < -0.4 is 21.3 Å². The van der Waals surface area contributed by atoms with Gasteiger partial charge in [0.05, 0.1) is 18.2 Å². The number of rotatable bonds is 11. The summed E-state index contributed by atoms with van der Waals surface area (Å²) in [5.41, 5.74) is 7.02. The van der Waals surface area contributed by atoms with Gasteiger partial charge in [0.1, 0.15) is 0 Å². The van der Waals surface area contributed by atoms with Crippen molar-refractivity contribution < 1.29 is 23.9 Å². The number of nitrogens with zero attached hydrogens (tertiary/aromatic N) is 1. The number of aryl methyl sites for hydroxylation is 1. The van der Waals surface area contributed by atoms with Crippen LogP contribution in [0.1, 0.15) is 36.5 Å². The number of benzene rings is 3. The van der Waals surface area contributed by atoms with Crippen LogP contribution in [0.3, 0.4) is 0 Å². The molecule has 3 aromatic rings. The van der Waals surface area contributed by atoms with Gasteiger partial charge in [-0.15, -0.1) is 0 Å². The number of nitrogens with one attached hydrogen (secondary N) is 2. The van der Waals surface area contributed by atoms with E-state index < -0.39 is 35.6 Å². The van der Waals surface area contributed by atoms with Crippen LogP contribution in [0.15, 0.2) is 72.8 Å². The Morgan fingerprint density at radius 2 is 1.60 bits per heavy atom. The minimum atomic E-state index is -1.88. The normalized spacial score (nSPS) is 17.0. The number of nitrogens with two attached hydrogens (primary N) is 1. The summed E-state index contributed by atoms with van der Waals surface area (Å²) in [6, 6.07) is 20.0. The second kappa shape index (κ2) is 12.5.